The second kappa shape index (κ2) is 10.1. The van der Waals surface area contributed by atoms with E-state index in [-0.39, 0.29) is 18.5 Å². The first kappa shape index (κ1) is 19.4. The molecule has 3 rings (SSSR count). The largest absolute Gasteiger partial charge is 0.481 e. The van der Waals surface area contributed by atoms with Crippen LogP contribution in [0.4, 0.5) is 4.39 Å². The molecule has 4 nitrogen and oxygen atoms in total. The molecule has 1 aliphatic rings. The van der Waals surface area contributed by atoms with Crippen molar-refractivity contribution in [2.45, 2.75) is 12.6 Å². The van der Waals surface area contributed by atoms with Gasteiger partial charge in [0.25, 0.3) is 0 Å². The van der Waals surface area contributed by atoms with E-state index in [9.17, 15) is 4.39 Å². The quantitative estimate of drug-likeness (QED) is 0.727. The SMILES string of the molecule is C#CCOc1ccccc1CNCC(c1cccc(F)c1)N1CCOCC1. The number of morpholine rings is 1. The van der Waals surface area contributed by atoms with Crippen LogP contribution in [-0.4, -0.2) is 44.4 Å². The number of terminal acetylenes is 1. The van der Waals surface area contributed by atoms with Gasteiger partial charge in [-0.3, -0.25) is 4.90 Å². The molecule has 0 saturated carbocycles. The van der Waals surface area contributed by atoms with Gasteiger partial charge in [0.2, 0.25) is 0 Å². The third-order valence-corrected chi connectivity index (χ3v) is 4.66. The number of para-hydroxylation sites is 1. The van der Waals surface area contributed by atoms with Crippen LogP contribution < -0.4 is 10.1 Å². The van der Waals surface area contributed by atoms with Gasteiger partial charge >= 0.3 is 0 Å². The van der Waals surface area contributed by atoms with E-state index in [2.05, 4.69) is 16.1 Å². The number of hydrogen-bond acceptors (Lipinski definition) is 4. The van der Waals surface area contributed by atoms with Gasteiger partial charge in [-0.1, -0.05) is 36.3 Å². The summed E-state index contributed by atoms with van der Waals surface area (Å²) in [7, 11) is 0. The molecular formula is C22H25FN2O2. The van der Waals surface area contributed by atoms with Crippen LogP contribution in [0, 0.1) is 18.2 Å². The predicted molar refractivity (Wildman–Crippen MR) is 104 cm³/mol. The molecule has 2 aromatic carbocycles. The molecule has 1 heterocycles. The first-order chi connectivity index (χ1) is 13.3. The summed E-state index contributed by atoms with van der Waals surface area (Å²) in [6.07, 6.45) is 5.29. The Morgan fingerprint density at radius 3 is 2.78 bits per heavy atom. The third-order valence-electron chi connectivity index (χ3n) is 4.66. The fourth-order valence-electron chi connectivity index (χ4n) is 3.31. The molecule has 5 heteroatoms. The number of hydrogen-bond donors (Lipinski definition) is 1. The summed E-state index contributed by atoms with van der Waals surface area (Å²) in [5.74, 6) is 3.07. The average molecular weight is 368 g/mol. The lowest BCUT2D eigenvalue weighted by atomic mass is 10.0. The Labute approximate surface area is 160 Å². The van der Waals surface area contributed by atoms with Crippen molar-refractivity contribution < 1.29 is 13.9 Å². The molecule has 0 amide bonds. The van der Waals surface area contributed by atoms with E-state index in [1.54, 1.807) is 12.1 Å². The van der Waals surface area contributed by atoms with Crippen molar-refractivity contribution >= 4 is 0 Å². The Kier molecular flexibility index (Phi) is 7.23. The van der Waals surface area contributed by atoms with Crippen LogP contribution in [0.1, 0.15) is 17.2 Å². The molecule has 1 fully saturated rings. The highest BCUT2D eigenvalue weighted by atomic mass is 19.1. The van der Waals surface area contributed by atoms with Crippen molar-refractivity contribution in [3.05, 3.63) is 65.5 Å². The first-order valence-electron chi connectivity index (χ1n) is 9.20. The van der Waals surface area contributed by atoms with Gasteiger partial charge in [0.15, 0.2) is 0 Å². The summed E-state index contributed by atoms with van der Waals surface area (Å²) in [4.78, 5) is 2.34. The van der Waals surface area contributed by atoms with Gasteiger partial charge in [-0.05, 0) is 23.8 Å². The molecule has 142 valence electrons. The van der Waals surface area contributed by atoms with Crippen molar-refractivity contribution in [2.75, 3.05) is 39.5 Å². The molecule has 0 aromatic heterocycles. The van der Waals surface area contributed by atoms with Crippen LogP contribution in [0.25, 0.3) is 0 Å². The van der Waals surface area contributed by atoms with E-state index in [0.29, 0.717) is 26.3 Å². The van der Waals surface area contributed by atoms with Gasteiger partial charge < -0.3 is 14.8 Å². The van der Waals surface area contributed by atoms with Crippen LogP contribution >= 0.6 is 0 Å². The standard InChI is InChI=1S/C22H25FN2O2/c1-2-12-27-22-9-4-3-6-19(22)16-24-17-21(25-10-13-26-14-11-25)18-7-5-8-20(23)15-18/h1,3-9,15,21,24H,10-14,16-17H2. The first-order valence-corrected chi connectivity index (χ1v) is 9.20. The minimum absolute atomic E-state index is 0.0865. The fraction of sp³-hybridized carbons (Fsp3) is 0.364. The van der Waals surface area contributed by atoms with Gasteiger partial charge in [0, 0.05) is 37.8 Å². The Balaban J connectivity index is 1.67. The summed E-state index contributed by atoms with van der Waals surface area (Å²) >= 11 is 0. The van der Waals surface area contributed by atoms with Gasteiger partial charge in [-0.2, -0.15) is 0 Å². The molecule has 1 aliphatic heterocycles. The number of nitrogens with one attached hydrogen (secondary N) is 1. The highest BCUT2D eigenvalue weighted by molar-refractivity contribution is 5.33. The number of benzene rings is 2. The normalized spacial score (nSPS) is 15.9. The van der Waals surface area contributed by atoms with Gasteiger partial charge in [0.05, 0.1) is 13.2 Å². The minimum Gasteiger partial charge on any atom is -0.481 e. The van der Waals surface area contributed by atoms with Crippen LogP contribution in [0.15, 0.2) is 48.5 Å². The molecule has 1 N–H and O–H groups in total. The van der Waals surface area contributed by atoms with Crippen molar-refractivity contribution in [1.29, 1.82) is 0 Å². The lowest BCUT2D eigenvalue weighted by Gasteiger charge is -2.35. The zero-order valence-electron chi connectivity index (χ0n) is 15.4. The van der Waals surface area contributed by atoms with E-state index in [1.165, 1.54) is 6.07 Å². The molecule has 1 unspecified atom stereocenters. The monoisotopic (exact) mass is 368 g/mol. The van der Waals surface area contributed by atoms with Gasteiger partial charge in [0.1, 0.15) is 18.2 Å². The second-order valence-electron chi connectivity index (χ2n) is 6.45. The molecule has 0 radical (unpaired) electrons. The molecule has 0 spiro atoms. The van der Waals surface area contributed by atoms with E-state index < -0.39 is 0 Å². The highest BCUT2D eigenvalue weighted by Crippen LogP contribution is 2.23. The molecule has 1 saturated heterocycles. The van der Waals surface area contributed by atoms with Crippen molar-refractivity contribution in [3.8, 4) is 18.1 Å². The fourth-order valence-corrected chi connectivity index (χ4v) is 3.31. The predicted octanol–water partition coefficient (Wildman–Crippen LogP) is 3.00. The maximum absolute atomic E-state index is 13.8. The second-order valence-corrected chi connectivity index (χ2v) is 6.45. The minimum atomic E-state index is -0.209. The molecule has 2 aromatic rings. The van der Waals surface area contributed by atoms with Gasteiger partial charge in [-0.15, -0.1) is 6.42 Å². The number of nitrogens with zero attached hydrogens (tertiary/aromatic N) is 1. The van der Waals surface area contributed by atoms with E-state index in [4.69, 9.17) is 15.9 Å². The number of rotatable bonds is 8. The van der Waals surface area contributed by atoms with E-state index in [1.807, 2.05) is 30.3 Å². The van der Waals surface area contributed by atoms with Crippen molar-refractivity contribution in [1.82, 2.24) is 10.2 Å². The lowest BCUT2D eigenvalue weighted by molar-refractivity contribution is 0.0160. The van der Waals surface area contributed by atoms with Crippen molar-refractivity contribution in [2.24, 2.45) is 0 Å². The lowest BCUT2D eigenvalue weighted by Crippen LogP contribution is -2.42. The maximum atomic E-state index is 13.8. The molecule has 27 heavy (non-hydrogen) atoms. The van der Waals surface area contributed by atoms with Gasteiger partial charge in [-0.25, -0.2) is 4.39 Å². The summed E-state index contributed by atoms with van der Waals surface area (Å²) in [5.41, 5.74) is 2.02. The topological polar surface area (TPSA) is 33.7 Å². The third kappa shape index (κ3) is 5.54. The van der Waals surface area contributed by atoms with E-state index >= 15 is 0 Å². The molecular weight excluding hydrogens is 343 g/mol. The number of halogens is 1. The summed E-state index contributed by atoms with van der Waals surface area (Å²) in [5, 5.41) is 3.50. The molecule has 1 atom stereocenters. The Bertz CT molecular complexity index is 769. The Hall–Kier alpha value is -2.39. The Morgan fingerprint density at radius 2 is 2.00 bits per heavy atom. The molecule has 0 aliphatic carbocycles. The zero-order valence-corrected chi connectivity index (χ0v) is 15.4. The van der Waals surface area contributed by atoms with Crippen LogP contribution in [0.5, 0.6) is 5.75 Å². The molecule has 0 bridgehead atoms. The van der Waals surface area contributed by atoms with Crippen LogP contribution in [0.3, 0.4) is 0 Å². The number of ether oxygens (including phenoxy) is 2. The highest BCUT2D eigenvalue weighted by Gasteiger charge is 2.22. The Morgan fingerprint density at radius 1 is 1.19 bits per heavy atom. The smallest absolute Gasteiger partial charge is 0.148 e. The zero-order chi connectivity index (χ0) is 18.9. The summed E-state index contributed by atoms with van der Waals surface area (Å²) in [6.45, 7) is 4.68. The average Bonchev–Trinajstić information content (AvgIpc) is 2.71. The van der Waals surface area contributed by atoms with E-state index in [0.717, 1.165) is 30.0 Å². The van der Waals surface area contributed by atoms with Crippen molar-refractivity contribution in [3.63, 3.8) is 0 Å². The maximum Gasteiger partial charge on any atom is 0.148 e. The summed E-state index contributed by atoms with van der Waals surface area (Å²) in [6, 6.07) is 14.8. The van der Waals surface area contributed by atoms with Crippen LogP contribution in [0.2, 0.25) is 0 Å². The summed E-state index contributed by atoms with van der Waals surface area (Å²) < 4.78 is 24.8. The van der Waals surface area contributed by atoms with Crippen LogP contribution in [-0.2, 0) is 11.3 Å².